The molecule has 0 heterocycles. The van der Waals surface area contributed by atoms with Gasteiger partial charge in [-0.3, -0.25) is 9.59 Å². The van der Waals surface area contributed by atoms with E-state index in [1.54, 1.807) is 38.5 Å². The van der Waals surface area contributed by atoms with E-state index >= 15 is 0 Å². The van der Waals surface area contributed by atoms with Gasteiger partial charge in [0.15, 0.2) is 11.5 Å². The number of amides is 2. The molecule has 0 aliphatic heterocycles. The molecule has 144 valence electrons. The van der Waals surface area contributed by atoms with Crippen LogP contribution in [0, 0.1) is 0 Å². The van der Waals surface area contributed by atoms with Crippen LogP contribution in [0.2, 0.25) is 0 Å². The Labute approximate surface area is 159 Å². The maximum Gasteiger partial charge on any atom is 0.253 e. The van der Waals surface area contributed by atoms with Gasteiger partial charge in [-0.2, -0.15) is 0 Å². The molecule has 0 aliphatic rings. The Balaban J connectivity index is 2.01. The molecule has 0 saturated heterocycles. The number of anilines is 1. The van der Waals surface area contributed by atoms with Crippen molar-refractivity contribution >= 4 is 17.5 Å². The Morgan fingerprint density at radius 2 is 1.70 bits per heavy atom. The molecule has 0 spiro atoms. The van der Waals surface area contributed by atoms with Crippen molar-refractivity contribution in [3.8, 4) is 11.5 Å². The summed E-state index contributed by atoms with van der Waals surface area (Å²) in [6, 6.07) is 12.6. The average molecular weight is 370 g/mol. The molecule has 6 heteroatoms. The number of ether oxygens (including phenoxy) is 2. The van der Waals surface area contributed by atoms with Crippen LogP contribution in [0.4, 0.5) is 5.69 Å². The highest BCUT2D eigenvalue weighted by atomic mass is 16.5. The third-order valence-corrected chi connectivity index (χ3v) is 3.95. The minimum atomic E-state index is -0.208. The molecule has 0 bridgehead atoms. The van der Waals surface area contributed by atoms with Crippen molar-refractivity contribution in [2.45, 2.75) is 32.7 Å². The van der Waals surface area contributed by atoms with Crippen molar-refractivity contribution in [1.82, 2.24) is 5.32 Å². The predicted octanol–water partition coefficient (Wildman–Crippen LogP) is 3.41. The first-order chi connectivity index (χ1) is 12.9. The quantitative estimate of drug-likeness (QED) is 0.747. The van der Waals surface area contributed by atoms with E-state index in [0.29, 0.717) is 29.2 Å². The number of carbonyl (C=O) groups is 2. The van der Waals surface area contributed by atoms with Gasteiger partial charge in [0.25, 0.3) is 5.91 Å². The first-order valence-electron chi connectivity index (χ1n) is 8.85. The van der Waals surface area contributed by atoms with E-state index in [-0.39, 0.29) is 24.3 Å². The molecular weight excluding hydrogens is 344 g/mol. The number of hydrogen-bond acceptors (Lipinski definition) is 4. The van der Waals surface area contributed by atoms with Crippen molar-refractivity contribution in [1.29, 1.82) is 0 Å². The lowest BCUT2D eigenvalue weighted by Gasteiger charge is -2.13. The highest BCUT2D eigenvalue weighted by Crippen LogP contribution is 2.28. The summed E-state index contributed by atoms with van der Waals surface area (Å²) in [5.74, 6) is 0.914. The third-order valence-electron chi connectivity index (χ3n) is 3.95. The summed E-state index contributed by atoms with van der Waals surface area (Å²) in [5, 5.41) is 5.67. The SMILES string of the molecule is COc1ccc(CCC(=O)Nc2ccccc2C(=O)NC(C)C)cc1OC. The zero-order chi connectivity index (χ0) is 19.8. The number of methoxy groups -OCH3 is 2. The minimum Gasteiger partial charge on any atom is -0.493 e. The second-order valence-electron chi connectivity index (χ2n) is 6.41. The predicted molar refractivity (Wildman–Crippen MR) is 106 cm³/mol. The van der Waals surface area contributed by atoms with Crippen LogP contribution < -0.4 is 20.1 Å². The van der Waals surface area contributed by atoms with E-state index < -0.39 is 0 Å². The summed E-state index contributed by atoms with van der Waals surface area (Å²) < 4.78 is 10.5. The highest BCUT2D eigenvalue weighted by Gasteiger charge is 2.14. The number of carbonyl (C=O) groups excluding carboxylic acids is 2. The first kappa shape index (κ1) is 20.3. The summed E-state index contributed by atoms with van der Waals surface area (Å²) >= 11 is 0. The van der Waals surface area contributed by atoms with Crippen LogP contribution >= 0.6 is 0 Å². The summed E-state index contributed by atoms with van der Waals surface area (Å²) in [6.45, 7) is 3.78. The molecule has 2 amide bonds. The van der Waals surface area contributed by atoms with E-state index in [1.807, 2.05) is 32.0 Å². The number of aryl methyl sites for hydroxylation is 1. The summed E-state index contributed by atoms with van der Waals surface area (Å²) in [5.41, 5.74) is 1.92. The van der Waals surface area contributed by atoms with Gasteiger partial charge in [-0.05, 0) is 50.1 Å². The Hall–Kier alpha value is -3.02. The average Bonchev–Trinajstić information content (AvgIpc) is 2.65. The normalized spacial score (nSPS) is 10.4. The van der Waals surface area contributed by atoms with Crippen molar-refractivity contribution in [3.63, 3.8) is 0 Å². The number of nitrogens with one attached hydrogen (secondary N) is 2. The first-order valence-corrected chi connectivity index (χ1v) is 8.85. The molecule has 0 atom stereocenters. The molecule has 0 aromatic heterocycles. The van der Waals surface area contributed by atoms with Gasteiger partial charge in [0.2, 0.25) is 5.91 Å². The van der Waals surface area contributed by atoms with Gasteiger partial charge in [0, 0.05) is 12.5 Å². The van der Waals surface area contributed by atoms with Gasteiger partial charge in [-0.25, -0.2) is 0 Å². The fourth-order valence-electron chi connectivity index (χ4n) is 2.64. The molecule has 2 rings (SSSR count). The number of rotatable bonds is 8. The molecule has 0 unspecified atom stereocenters. The van der Waals surface area contributed by atoms with Gasteiger partial charge in [-0.1, -0.05) is 18.2 Å². The molecule has 2 aromatic carbocycles. The zero-order valence-corrected chi connectivity index (χ0v) is 16.2. The largest absolute Gasteiger partial charge is 0.493 e. The van der Waals surface area contributed by atoms with Gasteiger partial charge < -0.3 is 20.1 Å². The Morgan fingerprint density at radius 1 is 1.00 bits per heavy atom. The maximum absolute atomic E-state index is 12.4. The fourth-order valence-corrected chi connectivity index (χ4v) is 2.64. The highest BCUT2D eigenvalue weighted by molar-refractivity contribution is 6.03. The van der Waals surface area contributed by atoms with Gasteiger partial charge in [0.1, 0.15) is 0 Å². The third kappa shape index (κ3) is 5.74. The lowest BCUT2D eigenvalue weighted by Crippen LogP contribution is -2.31. The molecule has 2 N–H and O–H groups in total. The van der Waals surface area contributed by atoms with Crippen molar-refractivity contribution in [2.24, 2.45) is 0 Å². The molecule has 0 fully saturated rings. The van der Waals surface area contributed by atoms with Crippen LogP contribution in [-0.2, 0) is 11.2 Å². The van der Waals surface area contributed by atoms with Gasteiger partial charge >= 0.3 is 0 Å². The molecule has 0 aliphatic carbocycles. The van der Waals surface area contributed by atoms with E-state index in [0.717, 1.165) is 5.56 Å². The topological polar surface area (TPSA) is 76.7 Å². The Morgan fingerprint density at radius 3 is 2.37 bits per heavy atom. The lowest BCUT2D eigenvalue weighted by molar-refractivity contribution is -0.116. The van der Waals surface area contributed by atoms with Crippen LogP contribution in [0.15, 0.2) is 42.5 Å². The molecule has 27 heavy (non-hydrogen) atoms. The standard InChI is InChI=1S/C21H26N2O4/c1-14(2)22-21(25)16-7-5-6-8-17(16)23-20(24)12-10-15-9-11-18(26-3)19(13-15)27-4/h5-9,11,13-14H,10,12H2,1-4H3,(H,22,25)(H,23,24). The second kappa shape index (κ2) is 9.62. The van der Waals surface area contributed by atoms with Crippen molar-refractivity contribution in [2.75, 3.05) is 19.5 Å². The monoisotopic (exact) mass is 370 g/mol. The Kier molecular flexibility index (Phi) is 7.23. The smallest absolute Gasteiger partial charge is 0.253 e. The van der Waals surface area contributed by atoms with Gasteiger partial charge in [-0.15, -0.1) is 0 Å². The zero-order valence-electron chi connectivity index (χ0n) is 16.2. The van der Waals surface area contributed by atoms with Crippen LogP contribution in [0.1, 0.15) is 36.2 Å². The Bertz CT molecular complexity index is 803. The summed E-state index contributed by atoms with van der Waals surface area (Å²) in [4.78, 5) is 24.6. The minimum absolute atomic E-state index is 0.0197. The molecule has 2 aromatic rings. The van der Waals surface area contributed by atoms with Gasteiger partial charge in [0.05, 0.1) is 25.5 Å². The van der Waals surface area contributed by atoms with E-state index in [9.17, 15) is 9.59 Å². The number of para-hydroxylation sites is 1. The van der Waals surface area contributed by atoms with Crippen molar-refractivity contribution in [3.05, 3.63) is 53.6 Å². The lowest BCUT2D eigenvalue weighted by atomic mass is 10.1. The molecule has 0 radical (unpaired) electrons. The second-order valence-corrected chi connectivity index (χ2v) is 6.41. The van der Waals surface area contributed by atoms with Crippen molar-refractivity contribution < 1.29 is 19.1 Å². The number of hydrogen-bond donors (Lipinski definition) is 2. The van der Waals surface area contributed by atoms with Crippen LogP contribution in [-0.4, -0.2) is 32.1 Å². The molecule has 0 saturated carbocycles. The maximum atomic E-state index is 12.4. The molecular formula is C21H26N2O4. The molecule has 6 nitrogen and oxygen atoms in total. The van der Waals surface area contributed by atoms with Crippen LogP contribution in [0.5, 0.6) is 11.5 Å². The fraction of sp³-hybridized carbons (Fsp3) is 0.333. The summed E-state index contributed by atoms with van der Waals surface area (Å²) in [6.07, 6.45) is 0.835. The van der Waals surface area contributed by atoms with E-state index in [1.165, 1.54) is 0 Å². The van der Waals surface area contributed by atoms with Crippen LogP contribution in [0.3, 0.4) is 0 Å². The summed E-state index contributed by atoms with van der Waals surface area (Å²) in [7, 11) is 3.16. The number of benzene rings is 2. The van der Waals surface area contributed by atoms with E-state index in [2.05, 4.69) is 10.6 Å². The van der Waals surface area contributed by atoms with Crippen LogP contribution in [0.25, 0.3) is 0 Å². The van der Waals surface area contributed by atoms with E-state index in [4.69, 9.17) is 9.47 Å².